The van der Waals surface area contributed by atoms with Gasteiger partial charge in [0.15, 0.2) is 0 Å². The minimum Gasteiger partial charge on any atom is -0.135 e. The molecule has 0 N–H and O–H groups in total. The molecule has 0 amide bonds. The van der Waals surface area contributed by atoms with Gasteiger partial charge < -0.3 is 0 Å². The summed E-state index contributed by atoms with van der Waals surface area (Å²) in [4.78, 5) is 0. The van der Waals surface area contributed by atoms with Gasteiger partial charge in [-0.2, -0.15) is 0 Å². The Balaban J connectivity index is 1.16. The zero-order valence-electron chi connectivity index (χ0n) is 32.0. The minimum atomic E-state index is 1.24. The van der Waals surface area contributed by atoms with Crippen LogP contribution in [0, 0.1) is 0 Å². The predicted molar refractivity (Wildman–Crippen MR) is 256 cm³/mol. The molecule has 11 aromatic carbocycles. The molecule has 0 spiro atoms. The number of hydrogen-bond acceptors (Lipinski definition) is 1. The summed E-state index contributed by atoms with van der Waals surface area (Å²) in [5.74, 6) is 0. The smallest absolute Gasteiger partial charge is 0.0434 e. The van der Waals surface area contributed by atoms with Gasteiger partial charge in [0.25, 0.3) is 0 Å². The molecule has 0 saturated carbocycles. The van der Waals surface area contributed by atoms with Crippen LogP contribution in [0.5, 0.6) is 0 Å². The monoisotopic (exact) mass is 762 g/mol. The summed E-state index contributed by atoms with van der Waals surface area (Å²) >= 11 is 1.92. The van der Waals surface area contributed by atoms with Crippen molar-refractivity contribution in [3.63, 3.8) is 0 Å². The standard InChI is InChI=1S/C58H34S/c1-3-16-35(17-4-1)53-45-25-11-12-26-46(45)54(36-18-5-2-6-19-36)57-48-31-30-42(44-27-15-28-47(55(44)48)56(53)57)49-33-39(34-50-43-24-13-14-29-51(43)59-58(49)50)52-40-22-9-7-20-37(40)32-38-21-8-10-23-41(38)52/h1-34H. The Morgan fingerprint density at radius 3 is 1.41 bits per heavy atom. The van der Waals surface area contributed by atoms with Crippen LogP contribution in [0.25, 0.3) is 130 Å². The van der Waals surface area contributed by atoms with E-state index >= 15 is 0 Å². The molecule has 1 heteroatoms. The molecule has 1 heterocycles. The lowest BCUT2D eigenvalue weighted by atomic mass is 9.82. The lowest BCUT2D eigenvalue weighted by Crippen LogP contribution is -1.93. The van der Waals surface area contributed by atoms with E-state index in [0.29, 0.717) is 0 Å². The van der Waals surface area contributed by atoms with Crippen molar-refractivity contribution in [2.75, 3.05) is 0 Å². The molecule has 12 aromatic rings. The molecule has 272 valence electrons. The van der Waals surface area contributed by atoms with E-state index in [0.717, 1.165) is 0 Å². The second-order valence-electron chi connectivity index (χ2n) is 15.9. The topological polar surface area (TPSA) is 0 Å². The highest BCUT2D eigenvalue weighted by Gasteiger charge is 2.31. The lowest BCUT2D eigenvalue weighted by Gasteiger charge is -2.20. The van der Waals surface area contributed by atoms with Crippen molar-refractivity contribution >= 4 is 74.6 Å². The van der Waals surface area contributed by atoms with E-state index in [2.05, 4.69) is 206 Å². The molecule has 0 nitrogen and oxygen atoms in total. The largest absolute Gasteiger partial charge is 0.135 e. The van der Waals surface area contributed by atoms with Crippen molar-refractivity contribution in [2.24, 2.45) is 0 Å². The van der Waals surface area contributed by atoms with Crippen LogP contribution < -0.4 is 0 Å². The normalized spacial score (nSPS) is 12.1. The second kappa shape index (κ2) is 12.6. The summed E-state index contributed by atoms with van der Waals surface area (Å²) in [7, 11) is 0. The van der Waals surface area contributed by atoms with Gasteiger partial charge >= 0.3 is 0 Å². The lowest BCUT2D eigenvalue weighted by molar-refractivity contribution is 1.62. The highest BCUT2D eigenvalue weighted by Crippen LogP contribution is 2.59. The number of benzene rings is 11. The van der Waals surface area contributed by atoms with Crippen LogP contribution in [-0.4, -0.2) is 0 Å². The Kier molecular flexibility index (Phi) is 6.98. The zero-order chi connectivity index (χ0) is 38.6. The quantitative estimate of drug-likeness (QED) is 0.157. The van der Waals surface area contributed by atoms with Gasteiger partial charge in [0, 0.05) is 25.7 Å². The van der Waals surface area contributed by atoms with Crippen molar-refractivity contribution in [2.45, 2.75) is 0 Å². The first-order chi connectivity index (χ1) is 29.3. The van der Waals surface area contributed by atoms with E-state index in [1.165, 1.54) is 130 Å². The average molecular weight is 763 g/mol. The van der Waals surface area contributed by atoms with Gasteiger partial charge in [-0.1, -0.05) is 182 Å². The molecule has 1 aliphatic rings. The summed E-state index contributed by atoms with van der Waals surface area (Å²) in [6.07, 6.45) is 0. The fourth-order valence-electron chi connectivity index (χ4n) is 10.3. The number of thiophene rings is 1. The maximum Gasteiger partial charge on any atom is 0.0434 e. The first kappa shape index (κ1) is 32.7. The van der Waals surface area contributed by atoms with Crippen molar-refractivity contribution in [3.05, 3.63) is 206 Å². The highest BCUT2D eigenvalue weighted by molar-refractivity contribution is 7.26. The number of hydrogen-bond donors (Lipinski definition) is 0. The molecular formula is C58H34S. The third-order valence-electron chi connectivity index (χ3n) is 12.7. The summed E-state index contributed by atoms with van der Waals surface area (Å²) in [6.45, 7) is 0. The molecule has 0 atom stereocenters. The van der Waals surface area contributed by atoms with Crippen molar-refractivity contribution in [1.29, 1.82) is 0 Å². The van der Waals surface area contributed by atoms with E-state index in [9.17, 15) is 0 Å². The van der Waals surface area contributed by atoms with Crippen LogP contribution in [-0.2, 0) is 0 Å². The van der Waals surface area contributed by atoms with Crippen molar-refractivity contribution in [1.82, 2.24) is 0 Å². The van der Waals surface area contributed by atoms with Crippen LogP contribution in [0.1, 0.15) is 0 Å². The summed E-state index contributed by atoms with van der Waals surface area (Å²) in [5.41, 5.74) is 15.5. The Labute approximate surface area is 345 Å². The van der Waals surface area contributed by atoms with Gasteiger partial charge in [-0.3, -0.25) is 0 Å². The Morgan fingerprint density at radius 2 is 0.763 bits per heavy atom. The minimum absolute atomic E-state index is 1.24. The molecule has 13 rings (SSSR count). The fraction of sp³-hybridized carbons (Fsp3) is 0. The van der Waals surface area contributed by atoms with E-state index in [1.54, 1.807) is 0 Å². The molecule has 1 aliphatic carbocycles. The summed E-state index contributed by atoms with van der Waals surface area (Å²) < 4.78 is 2.64. The first-order valence-electron chi connectivity index (χ1n) is 20.4. The molecular weight excluding hydrogens is 729 g/mol. The molecule has 0 bridgehead atoms. The third kappa shape index (κ3) is 4.71. The SMILES string of the molecule is c1ccc(-c2c3c(c(-c4ccccc4)c4ccccc24)-c2ccc(-c4cc(-c5c6ccccc6cc6ccccc56)cc5c4sc4ccccc45)c4cccc-3c24)cc1. The molecule has 0 unspecified atom stereocenters. The Morgan fingerprint density at radius 1 is 0.254 bits per heavy atom. The van der Waals surface area contributed by atoms with Gasteiger partial charge in [-0.25, -0.2) is 0 Å². The third-order valence-corrected chi connectivity index (χ3v) is 14.0. The van der Waals surface area contributed by atoms with Gasteiger partial charge in [-0.05, 0) is 129 Å². The van der Waals surface area contributed by atoms with E-state index < -0.39 is 0 Å². The van der Waals surface area contributed by atoms with Crippen LogP contribution >= 0.6 is 11.3 Å². The van der Waals surface area contributed by atoms with Gasteiger partial charge in [0.2, 0.25) is 0 Å². The van der Waals surface area contributed by atoms with E-state index in [-0.39, 0.29) is 0 Å². The van der Waals surface area contributed by atoms with Gasteiger partial charge in [0.1, 0.15) is 0 Å². The summed E-state index contributed by atoms with van der Waals surface area (Å²) in [5, 5.41) is 12.9. The maximum atomic E-state index is 2.50. The van der Waals surface area contributed by atoms with Gasteiger partial charge in [-0.15, -0.1) is 11.3 Å². The zero-order valence-corrected chi connectivity index (χ0v) is 32.9. The maximum absolute atomic E-state index is 2.50. The molecule has 0 saturated heterocycles. The van der Waals surface area contributed by atoms with Crippen molar-refractivity contribution in [3.8, 4) is 66.8 Å². The number of rotatable bonds is 4. The Hall–Kier alpha value is -7.32. The van der Waals surface area contributed by atoms with Crippen LogP contribution in [0.15, 0.2) is 206 Å². The van der Waals surface area contributed by atoms with Crippen LogP contribution in [0.2, 0.25) is 0 Å². The second-order valence-corrected chi connectivity index (χ2v) is 16.9. The molecule has 0 fully saturated rings. The summed E-state index contributed by atoms with van der Waals surface area (Å²) in [6, 6.07) is 76.9. The highest BCUT2D eigenvalue weighted by atomic mass is 32.1. The average Bonchev–Trinajstić information content (AvgIpc) is 3.84. The van der Waals surface area contributed by atoms with E-state index in [4.69, 9.17) is 0 Å². The van der Waals surface area contributed by atoms with Crippen LogP contribution in [0.4, 0.5) is 0 Å². The van der Waals surface area contributed by atoms with Crippen LogP contribution in [0.3, 0.4) is 0 Å². The fourth-order valence-corrected chi connectivity index (χ4v) is 11.6. The molecule has 0 aliphatic heterocycles. The Bertz CT molecular complexity index is 3560. The van der Waals surface area contributed by atoms with Crippen molar-refractivity contribution < 1.29 is 0 Å². The molecule has 0 radical (unpaired) electrons. The molecule has 59 heavy (non-hydrogen) atoms. The van der Waals surface area contributed by atoms with Gasteiger partial charge in [0.05, 0.1) is 0 Å². The first-order valence-corrected chi connectivity index (χ1v) is 21.2. The molecule has 1 aromatic heterocycles. The predicted octanol–water partition coefficient (Wildman–Crippen LogP) is 17.0. The number of fused-ring (bicyclic) bond motifs is 9. The van der Waals surface area contributed by atoms with E-state index in [1.807, 2.05) is 11.3 Å².